The Hall–Kier alpha value is -2.00. The lowest BCUT2D eigenvalue weighted by atomic mass is 9.81. The van der Waals surface area contributed by atoms with Crippen LogP contribution >= 0.6 is 0 Å². The zero-order valence-corrected chi connectivity index (χ0v) is 13.7. The molecule has 5 rings (SSSR count). The fourth-order valence-electron chi connectivity index (χ4n) is 4.40. The predicted molar refractivity (Wildman–Crippen MR) is 89.0 cm³/mol. The van der Waals surface area contributed by atoms with E-state index in [1.165, 1.54) is 22.3 Å². The van der Waals surface area contributed by atoms with Gasteiger partial charge in [0.1, 0.15) is 0 Å². The number of aryl methyl sites for hydroxylation is 2. The molecule has 0 spiro atoms. The molecule has 3 aliphatic rings. The molecule has 0 aromatic heterocycles. The van der Waals surface area contributed by atoms with Gasteiger partial charge in [0.2, 0.25) is 6.79 Å². The van der Waals surface area contributed by atoms with E-state index >= 15 is 0 Å². The first-order chi connectivity index (χ1) is 11.2. The quantitative estimate of drug-likeness (QED) is 0.741. The summed E-state index contributed by atoms with van der Waals surface area (Å²) in [4.78, 5) is 2.64. The summed E-state index contributed by atoms with van der Waals surface area (Å²) >= 11 is 0. The molecule has 118 valence electrons. The van der Waals surface area contributed by atoms with Crippen LogP contribution in [0, 0.1) is 13.8 Å². The molecule has 3 heteroatoms. The SMILES string of the molecule is Cc1ccc(C)c2c1CC1c3cc4c(cc3CCN1C2)OCO4. The van der Waals surface area contributed by atoms with Crippen LogP contribution in [0.15, 0.2) is 24.3 Å². The summed E-state index contributed by atoms with van der Waals surface area (Å²) in [6.45, 7) is 7.05. The summed E-state index contributed by atoms with van der Waals surface area (Å²) in [5.41, 5.74) is 8.83. The minimum atomic E-state index is 0.355. The lowest BCUT2D eigenvalue weighted by molar-refractivity contribution is 0.160. The number of ether oxygens (including phenoxy) is 2. The van der Waals surface area contributed by atoms with Crippen molar-refractivity contribution >= 4 is 0 Å². The minimum absolute atomic E-state index is 0.355. The fourth-order valence-corrected chi connectivity index (χ4v) is 4.40. The number of rotatable bonds is 0. The van der Waals surface area contributed by atoms with Gasteiger partial charge in [-0.2, -0.15) is 0 Å². The van der Waals surface area contributed by atoms with E-state index in [1.807, 2.05) is 0 Å². The Bertz CT molecular complexity index is 812. The first-order valence-electron chi connectivity index (χ1n) is 8.45. The molecule has 2 aromatic carbocycles. The summed E-state index contributed by atoms with van der Waals surface area (Å²) in [6.07, 6.45) is 2.21. The van der Waals surface area contributed by atoms with Crippen molar-refractivity contribution in [3.63, 3.8) is 0 Å². The largest absolute Gasteiger partial charge is 0.454 e. The van der Waals surface area contributed by atoms with E-state index in [-0.39, 0.29) is 0 Å². The van der Waals surface area contributed by atoms with Crippen LogP contribution in [0.4, 0.5) is 0 Å². The Morgan fingerprint density at radius 3 is 2.57 bits per heavy atom. The molecular weight excluding hydrogens is 286 g/mol. The van der Waals surface area contributed by atoms with E-state index in [1.54, 1.807) is 11.1 Å². The third-order valence-electron chi connectivity index (χ3n) is 5.76. The zero-order chi connectivity index (χ0) is 15.6. The standard InChI is InChI=1S/C20H21NO2/c1-12-3-4-13(2)17-10-21-6-5-14-7-19-20(23-11-22-19)9-16(14)18(21)8-15(12)17/h3-4,7,9,18H,5-6,8,10-11H2,1-2H3. The molecule has 3 nitrogen and oxygen atoms in total. The van der Waals surface area contributed by atoms with Gasteiger partial charge in [-0.05, 0) is 72.2 Å². The zero-order valence-electron chi connectivity index (χ0n) is 13.7. The van der Waals surface area contributed by atoms with E-state index in [9.17, 15) is 0 Å². The van der Waals surface area contributed by atoms with E-state index in [0.29, 0.717) is 12.8 Å². The van der Waals surface area contributed by atoms with Gasteiger partial charge in [0, 0.05) is 19.1 Å². The smallest absolute Gasteiger partial charge is 0.231 e. The highest BCUT2D eigenvalue weighted by molar-refractivity contribution is 5.52. The van der Waals surface area contributed by atoms with Crippen molar-refractivity contribution in [2.45, 2.75) is 39.3 Å². The van der Waals surface area contributed by atoms with Gasteiger partial charge in [0.15, 0.2) is 11.5 Å². The second-order valence-electron chi connectivity index (χ2n) is 7.00. The summed E-state index contributed by atoms with van der Waals surface area (Å²) in [7, 11) is 0. The van der Waals surface area contributed by atoms with Gasteiger partial charge in [-0.1, -0.05) is 12.1 Å². The third-order valence-corrected chi connectivity index (χ3v) is 5.76. The Morgan fingerprint density at radius 2 is 1.74 bits per heavy atom. The number of fused-ring (bicyclic) bond motifs is 5. The first-order valence-corrected chi connectivity index (χ1v) is 8.45. The minimum Gasteiger partial charge on any atom is -0.454 e. The van der Waals surface area contributed by atoms with Crippen LogP contribution in [0.5, 0.6) is 11.5 Å². The summed E-state index contributed by atoms with van der Waals surface area (Å²) in [6, 6.07) is 9.44. The van der Waals surface area contributed by atoms with Crippen molar-refractivity contribution in [2.24, 2.45) is 0 Å². The maximum absolute atomic E-state index is 5.62. The molecule has 0 amide bonds. The number of hydrogen-bond acceptors (Lipinski definition) is 3. The molecule has 0 saturated heterocycles. The highest BCUT2D eigenvalue weighted by Crippen LogP contribution is 2.44. The lowest BCUT2D eigenvalue weighted by Crippen LogP contribution is -2.39. The van der Waals surface area contributed by atoms with Gasteiger partial charge in [-0.25, -0.2) is 0 Å². The predicted octanol–water partition coefficient (Wildman–Crippen LogP) is 3.69. The summed E-state index contributed by atoms with van der Waals surface area (Å²) < 4.78 is 11.2. The van der Waals surface area contributed by atoms with Crippen LogP contribution in [-0.4, -0.2) is 18.2 Å². The molecule has 1 unspecified atom stereocenters. The number of benzene rings is 2. The van der Waals surface area contributed by atoms with Gasteiger partial charge < -0.3 is 9.47 Å². The van der Waals surface area contributed by atoms with E-state index < -0.39 is 0 Å². The first kappa shape index (κ1) is 13.4. The topological polar surface area (TPSA) is 21.7 Å². The summed E-state index contributed by atoms with van der Waals surface area (Å²) in [5.74, 6) is 1.83. The monoisotopic (exact) mass is 307 g/mol. The molecular formula is C20H21NO2. The van der Waals surface area contributed by atoms with Crippen molar-refractivity contribution in [1.29, 1.82) is 0 Å². The fraction of sp³-hybridized carbons (Fsp3) is 0.400. The van der Waals surface area contributed by atoms with Crippen LogP contribution in [0.25, 0.3) is 0 Å². The lowest BCUT2D eigenvalue weighted by Gasteiger charge is -2.42. The normalized spacial score (nSPS) is 21.6. The van der Waals surface area contributed by atoms with E-state index in [2.05, 4.69) is 43.0 Å². The average molecular weight is 307 g/mol. The second-order valence-corrected chi connectivity index (χ2v) is 7.00. The van der Waals surface area contributed by atoms with Crippen LogP contribution in [-0.2, 0) is 19.4 Å². The Labute approximate surface area is 136 Å². The molecule has 23 heavy (non-hydrogen) atoms. The maximum Gasteiger partial charge on any atom is 0.231 e. The van der Waals surface area contributed by atoms with Crippen LogP contribution in [0.2, 0.25) is 0 Å². The molecule has 0 N–H and O–H groups in total. The molecule has 3 heterocycles. The van der Waals surface area contributed by atoms with Gasteiger partial charge in [-0.15, -0.1) is 0 Å². The highest BCUT2D eigenvalue weighted by atomic mass is 16.7. The molecule has 1 atom stereocenters. The van der Waals surface area contributed by atoms with Gasteiger partial charge in [0.25, 0.3) is 0 Å². The Morgan fingerprint density at radius 1 is 1.00 bits per heavy atom. The van der Waals surface area contributed by atoms with Gasteiger partial charge in [0.05, 0.1) is 0 Å². The van der Waals surface area contributed by atoms with Crippen molar-refractivity contribution in [3.8, 4) is 11.5 Å². The molecule has 2 aromatic rings. The van der Waals surface area contributed by atoms with Crippen molar-refractivity contribution in [1.82, 2.24) is 4.90 Å². The van der Waals surface area contributed by atoms with Crippen LogP contribution < -0.4 is 9.47 Å². The van der Waals surface area contributed by atoms with E-state index in [0.717, 1.165) is 37.4 Å². The van der Waals surface area contributed by atoms with Crippen molar-refractivity contribution in [2.75, 3.05) is 13.3 Å². The average Bonchev–Trinajstić information content (AvgIpc) is 3.02. The highest BCUT2D eigenvalue weighted by Gasteiger charge is 2.34. The third kappa shape index (κ3) is 1.93. The molecule has 3 aliphatic heterocycles. The van der Waals surface area contributed by atoms with Crippen LogP contribution in [0.3, 0.4) is 0 Å². The van der Waals surface area contributed by atoms with Gasteiger partial charge >= 0.3 is 0 Å². The molecule has 0 radical (unpaired) electrons. The second kappa shape index (κ2) is 4.75. The maximum atomic E-state index is 5.62. The Kier molecular flexibility index (Phi) is 2.77. The number of nitrogens with zero attached hydrogens (tertiary/aromatic N) is 1. The van der Waals surface area contributed by atoms with E-state index in [4.69, 9.17) is 9.47 Å². The molecule has 0 bridgehead atoms. The van der Waals surface area contributed by atoms with Crippen LogP contribution in [0.1, 0.15) is 39.4 Å². The van der Waals surface area contributed by atoms with Crippen molar-refractivity contribution in [3.05, 3.63) is 57.6 Å². The summed E-state index contributed by atoms with van der Waals surface area (Å²) in [5, 5.41) is 0. The van der Waals surface area contributed by atoms with Crippen molar-refractivity contribution < 1.29 is 9.47 Å². The molecule has 0 fully saturated rings. The Balaban J connectivity index is 1.62. The molecule has 0 aliphatic carbocycles. The number of hydrogen-bond donors (Lipinski definition) is 0. The van der Waals surface area contributed by atoms with Gasteiger partial charge in [-0.3, -0.25) is 4.90 Å². The molecule has 0 saturated carbocycles.